The number of anilines is 1. The van der Waals surface area contributed by atoms with Gasteiger partial charge in [-0.3, -0.25) is 9.59 Å². The summed E-state index contributed by atoms with van der Waals surface area (Å²) in [6, 6.07) is 7.12. The Bertz CT molecular complexity index is 1170. The molecule has 32 heavy (non-hydrogen) atoms. The second kappa shape index (κ2) is 9.56. The van der Waals surface area contributed by atoms with Gasteiger partial charge in [-0.05, 0) is 49.9 Å². The molecule has 9 nitrogen and oxygen atoms in total. The van der Waals surface area contributed by atoms with E-state index in [0.29, 0.717) is 30.2 Å². The Balaban J connectivity index is 1.38. The Morgan fingerprint density at radius 3 is 2.91 bits per heavy atom. The fraction of sp³-hybridized carbons (Fsp3) is 0.455. The Labute approximate surface area is 190 Å². The van der Waals surface area contributed by atoms with Crippen molar-refractivity contribution >= 4 is 27.3 Å². The number of nitrogens with zero attached hydrogens (tertiary/aromatic N) is 4. The number of benzene rings is 1. The molecule has 1 fully saturated rings. The van der Waals surface area contributed by atoms with E-state index >= 15 is 0 Å². The molecule has 10 heteroatoms. The van der Waals surface area contributed by atoms with E-state index < -0.39 is 0 Å². The second-order valence-electron chi connectivity index (χ2n) is 7.82. The average Bonchev–Trinajstić information content (AvgIpc) is 3.23. The first kappa shape index (κ1) is 22.1. The van der Waals surface area contributed by atoms with Crippen LogP contribution in [0.1, 0.15) is 24.1 Å². The van der Waals surface area contributed by atoms with Crippen LogP contribution in [0.3, 0.4) is 0 Å². The number of nitrogens with one attached hydrogen (secondary N) is 1. The minimum atomic E-state index is -0.186. The van der Waals surface area contributed by atoms with Gasteiger partial charge in [-0.25, -0.2) is 4.98 Å². The monoisotopic (exact) mass is 457 g/mol. The summed E-state index contributed by atoms with van der Waals surface area (Å²) in [5, 5.41) is 8.22. The molecular weight excluding hydrogens is 430 g/mol. The maximum atomic E-state index is 12.8. The van der Waals surface area contributed by atoms with Gasteiger partial charge in [0.25, 0.3) is 5.56 Å². The van der Waals surface area contributed by atoms with Gasteiger partial charge in [0.05, 0.1) is 20.1 Å². The van der Waals surface area contributed by atoms with Gasteiger partial charge in [0.15, 0.2) is 0 Å². The Morgan fingerprint density at radius 2 is 2.12 bits per heavy atom. The molecule has 0 radical (unpaired) electrons. The molecule has 1 saturated heterocycles. The van der Waals surface area contributed by atoms with Crippen molar-refractivity contribution in [3.05, 3.63) is 45.9 Å². The normalized spacial score (nSPS) is 16.2. The number of carbonyl (C=O) groups is 1. The summed E-state index contributed by atoms with van der Waals surface area (Å²) in [4.78, 5) is 32.0. The van der Waals surface area contributed by atoms with Crippen molar-refractivity contribution in [1.29, 1.82) is 0 Å². The van der Waals surface area contributed by atoms with Gasteiger partial charge < -0.3 is 19.7 Å². The summed E-state index contributed by atoms with van der Waals surface area (Å²) in [6.07, 6.45) is 2.36. The van der Waals surface area contributed by atoms with E-state index in [9.17, 15) is 9.59 Å². The molecule has 1 amide bonds. The number of methoxy groups -OCH3 is 2. The molecule has 0 bridgehead atoms. The lowest BCUT2D eigenvalue weighted by molar-refractivity contribution is -0.125. The number of ether oxygens (including phenoxy) is 2. The SMILES string of the molecule is COc1ccc(OC)c(CCNC(=O)[C@@H]2CCCN(c3nn4c(=O)cc(C)nc4s3)C2)c1. The maximum Gasteiger partial charge on any atom is 0.275 e. The topological polar surface area (TPSA) is 98.1 Å². The van der Waals surface area contributed by atoms with Crippen molar-refractivity contribution in [3.63, 3.8) is 0 Å². The highest BCUT2D eigenvalue weighted by Gasteiger charge is 2.27. The van der Waals surface area contributed by atoms with E-state index in [0.717, 1.165) is 41.6 Å². The summed E-state index contributed by atoms with van der Waals surface area (Å²) < 4.78 is 12.0. The van der Waals surface area contributed by atoms with E-state index in [4.69, 9.17) is 9.47 Å². The standard InChI is InChI=1S/C22H27N5O4S/c1-14-11-19(28)27-21(24-14)32-22(25-27)26-10-4-5-16(13-26)20(29)23-9-8-15-12-17(30-2)6-7-18(15)31-3/h6-7,11-12,16H,4-5,8-10,13H2,1-3H3,(H,23,29)/t16-/m1/s1. The predicted octanol–water partition coefficient (Wildman–Crippen LogP) is 2.05. The van der Waals surface area contributed by atoms with Crippen LogP contribution >= 0.6 is 11.3 Å². The molecule has 1 N–H and O–H groups in total. The quantitative estimate of drug-likeness (QED) is 0.580. The Morgan fingerprint density at radius 1 is 1.28 bits per heavy atom. The zero-order valence-corrected chi connectivity index (χ0v) is 19.3. The summed E-state index contributed by atoms with van der Waals surface area (Å²) in [7, 11) is 3.26. The first-order chi connectivity index (χ1) is 15.5. The highest BCUT2D eigenvalue weighted by molar-refractivity contribution is 7.20. The number of hydrogen-bond donors (Lipinski definition) is 1. The smallest absolute Gasteiger partial charge is 0.275 e. The van der Waals surface area contributed by atoms with E-state index in [1.165, 1.54) is 21.9 Å². The molecule has 0 spiro atoms. The largest absolute Gasteiger partial charge is 0.497 e. The minimum Gasteiger partial charge on any atom is -0.497 e. The van der Waals surface area contributed by atoms with Crippen molar-refractivity contribution in [2.24, 2.45) is 5.92 Å². The fourth-order valence-corrected chi connectivity index (χ4v) is 4.93. The van der Waals surface area contributed by atoms with Crippen LogP contribution in [0.15, 0.2) is 29.1 Å². The molecule has 0 unspecified atom stereocenters. The molecule has 3 heterocycles. The zero-order valence-electron chi connectivity index (χ0n) is 18.5. The molecule has 4 rings (SSSR count). The van der Waals surface area contributed by atoms with Crippen LogP contribution in [0.4, 0.5) is 5.13 Å². The number of aromatic nitrogens is 3. The lowest BCUT2D eigenvalue weighted by atomic mass is 9.97. The lowest BCUT2D eigenvalue weighted by Crippen LogP contribution is -2.43. The number of rotatable bonds is 7. The van der Waals surface area contributed by atoms with E-state index in [2.05, 4.69) is 20.3 Å². The number of hydrogen-bond acceptors (Lipinski definition) is 8. The van der Waals surface area contributed by atoms with Gasteiger partial charge in [0.2, 0.25) is 16.0 Å². The van der Waals surface area contributed by atoms with E-state index in [1.807, 2.05) is 18.2 Å². The maximum absolute atomic E-state index is 12.8. The van der Waals surface area contributed by atoms with Crippen LogP contribution < -0.4 is 25.2 Å². The second-order valence-corrected chi connectivity index (χ2v) is 8.75. The molecule has 1 aliphatic rings. The van der Waals surface area contributed by atoms with Crippen LogP contribution in [0.25, 0.3) is 4.96 Å². The van der Waals surface area contributed by atoms with Gasteiger partial charge in [-0.1, -0.05) is 11.3 Å². The van der Waals surface area contributed by atoms with Gasteiger partial charge in [-0.15, -0.1) is 5.10 Å². The Kier molecular flexibility index (Phi) is 6.59. The number of piperidine rings is 1. The van der Waals surface area contributed by atoms with Gasteiger partial charge in [0, 0.05) is 31.4 Å². The van der Waals surface area contributed by atoms with Gasteiger partial charge in [-0.2, -0.15) is 4.52 Å². The first-order valence-corrected chi connectivity index (χ1v) is 11.4. The summed E-state index contributed by atoms with van der Waals surface area (Å²) in [6.45, 7) is 3.68. The zero-order chi connectivity index (χ0) is 22.7. The van der Waals surface area contributed by atoms with Crippen LogP contribution in [0.5, 0.6) is 11.5 Å². The fourth-order valence-electron chi connectivity index (χ4n) is 3.95. The molecule has 1 aromatic carbocycles. The molecule has 0 aliphatic carbocycles. The minimum absolute atomic E-state index is 0.0313. The number of fused-ring (bicyclic) bond motifs is 1. The molecule has 0 saturated carbocycles. The van der Waals surface area contributed by atoms with Crippen molar-refractivity contribution in [2.75, 3.05) is 38.8 Å². The average molecular weight is 458 g/mol. The molecule has 3 aromatic rings. The molecule has 1 atom stereocenters. The Hall–Kier alpha value is -3.14. The first-order valence-electron chi connectivity index (χ1n) is 10.6. The van der Waals surface area contributed by atoms with Crippen molar-refractivity contribution < 1.29 is 14.3 Å². The van der Waals surface area contributed by atoms with E-state index in [1.54, 1.807) is 21.1 Å². The molecule has 170 valence electrons. The highest BCUT2D eigenvalue weighted by atomic mass is 32.1. The summed E-state index contributed by atoms with van der Waals surface area (Å²) >= 11 is 1.38. The number of aryl methyl sites for hydroxylation is 1. The highest BCUT2D eigenvalue weighted by Crippen LogP contribution is 2.27. The third-order valence-electron chi connectivity index (χ3n) is 5.61. The van der Waals surface area contributed by atoms with Crippen LogP contribution in [0, 0.1) is 12.8 Å². The van der Waals surface area contributed by atoms with E-state index in [-0.39, 0.29) is 17.4 Å². The van der Waals surface area contributed by atoms with Crippen molar-refractivity contribution in [3.8, 4) is 11.5 Å². The number of carbonyl (C=O) groups excluding carboxylic acids is 1. The van der Waals surface area contributed by atoms with Crippen LogP contribution in [-0.2, 0) is 11.2 Å². The van der Waals surface area contributed by atoms with Gasteiger partial charge in [0.1, 0.15) is 11.5 Å². The molecule has 2 aromatic heterocycles. The van der Waals surface area contributed by atoms with Crippen molar-refractivity contribution in [1.82, 2.24) is 19.9 Å². The third kappa shape index (κ3) is 4.69. The predicted molar refractivity (Wildman–Crippen MR) is 123 cm³/mol. The third-order valence-corrected chi connectivity index (χ3v) is 6.58. The van der Waals surface area contributed by atoms with Crippen LogP contribution in [0.2, 0.25) is 0 Å². The number of amides is 1. The van der Waals surface area contributed by atoms with Gasteiger partial charge >= 0.3 is 0 Å². The molecular formula is C22H27N5O4S. The lowest BCUT2D eigenvalue weighted by Gasteiger charge is -2.31. The molecule has 1 aliphatic heterocycles. The van der Waals surface area contributed by atoms with Crippen molar-refractivity contribution in [2.45, 2.75) is 26.2 Å². The summed E-state index contributed by atoms with van der Waals surface area (Å²) in [5.41, 5.74) is 1.48. The summed E-state index contributed by atoms with van der Waals surface area (Å²) in [5.74, 6) is 1.44. The van der Waals surface area contributed by atoms with Crippen LogP contribution in [-0.4, -0.2) is 54.4 Å².